The number of carbonyl (C=O) groups is 4. The molecular formula is C37H34Cl2N6O4. The van der Waals surface area contributed by atoms with Crippen molar-refractivity contribution in [1.29, 1.82) is 0 Å². The highest BCUT2D eigenvalue weighted by Gasteiger charge is 2.42. The van der Waals surface area contributed by atoms with Crippen molar-refractivity contribution in [3.05, 3.63) is 106 Å². The van der Waals surface area contributed by atoms with Gasteiger partial charge in [0.15, 0.2) is 0 Å². The molecule has 10 nitrogen and oxygen atoms in total. The van der Waals surface area contributed by atoms with Crippen molar-refractivity contribution in [3.63, 3.8) is 0 Å². The minimum Gasteiger partial charge on any atom is -0.306 e. The molecule has 250 valence electrons. The number of rotatable bonds is 9. The number of carbonyl (C=O) groups excluding carboxylic acids is 4. The normalized spacial score (nSPS) is 16.4. The predicted octanol–water partition coefficient (Wildman–Crippen LogP) is 7.11. The van der Waals surface area contributed by atoms with Gasteiger partial charge in [-0.25, -0.2) is 4.98 Å². The molecule has 0 saturated heterocycles. The van der Waals surface area contributed by atoms with E-state index in [0.29, 0.717) is 44.8 Å². The highest BCUT2D eigenvalue weighted by atomic mass is 35.5. The summed E-state index contributed by atoms with van der Waals surface area (Å²) in [7, 11) is 0. The topological polar surface area (TPSA) is 108 Å². The van der Waals surface area contributed by atoms with E-state index in [9.17, 15) is 19.2 Å². The summed E-state index contributed by atoms with van der Waals surface area (Å²) in [4.78, 5) is 64.9. The maximum absolute atomic E-state index is 14.2. The van der Waals surface area contributed by atoms with Crippen molar-refractivity contribution in [2.45, 2.75) is 65.6 Å². The van der Waals surface area contributed by atoms with E-state index >= 15 is 0 Å². The van der Waals surface area contributed by atoms with Crippen LogP contribution in [0.5, 0.6) is 0 Å². The summed E-state index contributed by atoms with van der Waals surface area (Å²) >= 11 is 12.9. The van der Waals surface area contributed by atoms with Gasteiger partial charge in [-0.15, -0.1) is 0 Å². The number of nitrogens with one attached hydrogen (secondary N) is 1. The molecule has 7 rings (SSSR count). The Labute approximate surface area is 293 Å². The summed E-state index contributed by atoms with van der Waals surface area (Å²) in [6.07, 6.45) is 3.81. The van der Waals surface area contributed by atoms with Gasteiger partial charge in [0.2, 0.25) is 0 Å². The van der Waals surface area contributed by atoms with Gasteiger partial charge in [-0.1, -0.05) is 54.4 Å². The third kappa shape index (κ3) is 5.04. The lowest BCUT2D eigenvalue weighted by atomic mass is 9.92. The van der Waals surface area contributed by atoms with Crippen LogP contribution in [0.4, 0.5) is 0 Å². The molecule has 4 aromatic carbocycles. The molecule has 0 fully saturated rings. The molecule has 2 aliphatic heterocycles. The summed E-state index contributed by atoms with van der Waals surface area (Å²) in [6.45, 7) is 9.51. The van der Waals surface area contributed by atoms with Crippen molar-refractivity contribution in [3.8, 4) is 5.69 Å². The number of nitrogens with zero attached hydrogens (tertiary/aromatic N) is 5. The van der Waals surface area contributed by atoms with E-state index in [-0.39, 0.29) is 16.1 Å². The monoisotopic (exact) mass is 696 g/mol. The van der Waals surface area contributed by atoms with Crippen LogP contribution in [0.1, 0.15) is 82.5 Å². The molecule has 0 saturated carbocycles. The molecule has 3 unspecified atom stereocenters. The van der Waals surface area contributed by atoms with Gasteiger partial charge in [0.1, 0.15) is 0 Å². The summed E-state index contributed by atoms with van der Waals surface area (Å²) in [6, 6.07) is 15.6. The van der Waals surface area contributed by atoms with E-state index in [1.54, 1.807) is 49.8 Å². The molecule has 12 heteroatoms. The Kier molecular flexibility index (Phi) is 8.31. The number of halogens is 2. The Morgan fingerprint density at radius 1 is 0.776 bits per heavy atom. The third-order valence-electron chi connectivity index (χ3n) is 9.62. The van der Waals surface area contributed by atoms with E-state index in [1.807, 2.05) is 61.6 Å². The van der Waals surface area contributed by atoms with E-state index in [2.05, 4.69) is 10.3 Å². The van der Waals surface area contributed by atoms with Crippen LogP contribution in [-0.4, -0.2) is 72.4 Å². The van der Waals surface area contributed by atoms with Gasteiger partial charge in [0.25, 0.3) is 23.6 Å². The molecule has 1 N–H and O–H groups in total. The van der Waals surface area contributed by atoms with Crippen LogP contribution in [0.3, 0.4) is 0 Å². The average molecular weight is 698 g/mol. The Balaban J connectivity index is 1.20. The number of hydrogen-bond donors (Lipinski definition) is 1. The fraction of sp³-hybridized carbons (Fsp3) is 0.270. The lowest BCUT2D eigenvalue weighted by molar-refractivity contribution is -0.00987. The van der Waals surface area contributed by atoms with Crippen molar-refractivity contribution in [2.75, 3.05) is 0 Å². The van der Waals surface area contributed by atoms with Gasteiger partial charge in [0.05, 0.1) is 46.1 Å². The van der Waals surface area contributed by atoms with Gasteiger partial charge in [0, 0.05) is 56.7 Å². The van der Waals surface area contributed by atoms with Gasteiger partial charge in [-0.3, -0.25) is 39.2 Å². The van der Waals surface area contributed by atoms with Gasteiger partial charge in [-0.05, 0) is 64.4 Å². The number of hydrogen-bond acceptors (Lipinski definition) is 7. The highest BCUT2D eigenvalue weighted by Crippen LogP contribution is 2.39. The van der Waals surface area contributed by atoms with Crippen LogP contribution >= 0.6 is 23.2 Å². The maximum Gasteiger partial charge on any atom is 0.262 e. The summed E-state index contributed by atoms with van der Waals surface area (Å²) in [5.74, 6) is -1.74. The van der Waals surface area contributed by atoms with Gasteiger partial charge < -0.3 is 4.57 Å². The zero-order valence-corrected chi connectivity index (χ0v) is 29.1. The quantitative estimate of drug-likeness (QED) is 0.129. The smallest absolute Gasteiger partial charge is 0.262 e. The number of aromatic nitrogens is 2. The van der Waals surface area contributed by atoms with E-state index in [4.69, 9.17) is 23.2 Å². The molecule has 3 heterocycles. The van der Waals surface area contributed by atoms with Crippen molar-refractivity contribution >= 4 is 68.4 Å². The maximum atomic E-state index is 14.2. The SMILES string of the molecule is CCC(NC(C)N1C(=O)c2cccc3c(Cl)c(Cl)cc(c23)C1=O)N(C(C)C)C(C)N1C(=O)c2cccc3c(-n4ccnc4)ccc(c23)C1=O. The van der Waals surface area contributed by atoms with Crippen LogP contribution in [0.25, 0.3) is 27.2 Å². The molecule has 3 atom stereocenters. The average Bonchev–Trinajstić information content (AvgIpc) is 3.62. The lowest BCUT2D eigenvalue weighted by Crippen LogP contribution is -2.64. The Hall–Kier alpha value is -4.61. The van der Waals surface area contributed by atoms with Crippen molar-refractivity contribution in [2.24, 2.45) is 0 Å². The number of benzene rings is 4. The summed E-state index contributed by atoms with van der Waals surface area (Å²) < 4.78 is 1.85. The van der Waals surface area contributed by atoms with E-state index in [0.717, 1.165) is 11.1 Å². The van der Waals surface area contributed by atoms with Crippen LogP contribution in [-0.2, 0) is 0 Å². The summed E-state index contributed by atoms with van der Waals surface area (Å²) in [5.41, 5.74) is 2.35. The largest absolute Gasteiger partial charge is 0.306 e. The van der Waals surface area contributed by atoms with E-state index < -0.39 is 42.1 Å². The molecule has 1 aromatic heterocycles. The first-order valence-electron chi connectivity index (χ1n) is 16.2. The zero-order valence-electron chi connectivity index (χ0n) is 27.6. The molecule has 4 amide bonds. The van der Waals surface area contributed by atoms with Gasteiger partial charge >= 0.3 is 0 Å². The molecule has 0 bridgehead atoms. The standard InChI is InChI=1S/C37H34Cl2N6O4/c1-6-30(41-20(4)44-34(46)25-12-8-10-23-32(25)27(37(44)49)17-28(38)33(23)39)43(19(2)3)21(5)45-35(47)24-11-7-9-22-29(42-16-15-40-18-42)14-13-26(31(22)24)36(45)48/h7-21,30,41H,6H2,1-5H3. The first kappa shape index (κ1) is 32.9. The predicted molar refractivity (Wildman–Crippen MR) is 189 cm³/mol. The molecular weight excluding hydrogens is 663 g/mol. The van der Waals surface area contributed by atoms with Crippen molar-refractivity contribution < 1.29 is 19.2 Å². The zero-order chi connectivity index (χ0) is 34.9. The first-order valence-corrected chi connectivity index (χ1v) is 17.0. The molecule has 49 heavy (non-hydrogen) atoms. The van der Waals surface area contributed by atoms with E-state index in [1.165, 1.54) is 15.9 Å². The number of imidazole rings is 1. The third-order valence-corrected chi connectivity index (χ3v) is 10.4. The number of amides is 4. The van der Waals surface area contributed by atoms with Crippen LogP contribution in [0, 0.1) is 0 Å². The number of imide groups is 2. The van der Waals surface area contributed by atoms with Crippen LogP contribution in [0.2, 0.25) is 10.0 Å². The molecule has 0 spiro atoms. The molecule has 5 aromatic rings. The summed E-state index contributed by atoms with van der Waals surface area (Å²) in [5, 5.41) is 6.40. The molecule has 0 aliphatic carbocycles. The van der Waals surface area contributed by atoms with Crippen LogP contribution in [0.15, 0.2) is 73.3 Å². The fourth-order valence-electron chi connectivity index (χ4n) is 7.49. The highest BCUT2D eigenvalue weighted by molar-refractivity contribution is 6.46. The lowest BCUT2D eigenvalue weighted by Gasteiger charge is -2.46. The second kappa shape index (κ2) is 12.4. The van der Waals surface area contributed by atoms with Crippen LogP contribution < -0.4 is 5.32 Å². The van der Waals surface area contributed by atoms with Gasteiger partial charge in [-0.2, -0.15) is 0 Å². The minimum absolute atomic E-state index is 0.149. The second-order valence-electron chi connectivity index (χ2n) is 12.7. The fourth-order valence-corrected chi connectivity index (χ4v) is 7.91. The molecule has 0 radical (unpaired) electrons. The first-order chi connectivity index (χ1) is 23.5. The second-order valence-corrected chi connectivity index (χ2v) is 13.5. The minimum atomic E-state index is -0.764. The van der Waals surface area contributed by atoms with Crippen molar-refractivity contribution in [1.82, 2.24) is 29.6 Å². The Bertz CT molecular complexity index is 2180. The Morgan fingerprint density at radius 3 is 1.98 bits per heavy atom. The Morgan fingerprint density at radius 2 is 1.37 bits per heavy atom. The molecule has 2 aliphatic rings.